The molecule has 3 aromatic heterocycles. The molecule has 9 aromatic carbocycles. The Morgan fingerprint density at radius 1 is 0.290 bits per heavy atom. The summed E-state index contributed by atoms with van der Waals surface area (Å²) in [6.07, 6.45) is 0. The van der Waals surface area contributed by atoms with E-state index in [0.29, 0.717) is 0 Å². The normalized spacial score (nSPS) is 16.1. The first-order chi connectivity index (χ1) is 39.0. The predicted molar refractivity (Wildman–Crippen MR) is 256 cm³/mol. The van der Waals surface area contributed by atoms with Crippen LogP contribution >= 0.6 is 0 Å². The van der Waals surface area contributed by atoms with Crippen molar-refractivity contribution in [2.75, 3.05) is 0 Å². The van der Waals surface area contributed by atoms with E-state index in [1.165, 1.54) is 0 Å². The van der Waals surface area contributed by atoms with Gasteiger partial charge in [0.25, 0.3) is 0 Å². The highest BCUT2D eigenvalue weighted by molar-refractivity contribution is 6.10. The van der Waals surface area contributed by atoms with Gasteiger partial charge in [0.05, 0.1) is 49.5 Å². The second kappa shape index (κ2) is 14.7. The van der Waals surface area contributed by atoms with Crippen LogP contribution in [0.5, 0.6) is 0 Å². The molecule has 12 aromatic rings. The van der Waals surface area contributed by atoms with E-state index < -0.39 is 160 Å². The summed E-state index contributed by atoms with van der Waals surface area (Å²) in [5, 5.41) is -1.43. The zero-order valence-electron chi connectivity index (χ0n) is 52.1. The molecule has 0 atom stereocenters. The van der Waals surface area contributed by atoms with Crippen molar-refractivity contribution in [1.82, 2.24) is 24.1 Å². The molecular weight excluding hydrogens is 755 g/mol. The van der Waals surface area contributed by atoms with E-state index in [1.54, 1.807) is 24.3 Å². The Kier molecular flexibility index (Phi) is 4.91. The monoisotopic (exact) mass is 811 g/mol. The van der Waals surface area contributed by atoms with Gasteiger partial charge in [0.15, 0.2) is 5.82 Å². The number of fused-ring (bicyclic) bond motifs is 6. The molecule has 0 N–H and O–H groups in total. The van der Waals surface area contributed by atoms with E-state index in [9.17, 15) is 9.60 Å². The lowest BCUT2D eigenvalue weighted by molar-refractivity contribution is 0.893. The Labute approximate surface area is 386 Å². The summed E-state index contributed by atoms with van der Waals surface area (Å²) in [4.78, 5) is 14.5. The van der Waals surface area contributed by atoms with Crippen molar-refractivity contribution in [2.24, 2.45) is 0 Å². The van der Waals surface area contributed by atoms with E-state index in [4.69, 9.17) is 32.8 Å². The second-order valence-electron chi connectivity index (χ2n) is 14.2. The molecule has 62 heavy (non-hydrogen) atoms. The lowest BCUT2D eigenvalue weighted by atomic mass is 9.98. The van der Waals surface area contributed by atoms with Crippen molar-refractivity contribution in [3.05, 3.63) is 224 Å². The highest BCUT2D eigenvalue weighted by Crippen LogP contribution is 2.37. The molecule has 0 aliphatic carbocycles. The van der Waals surface area contributed by atoms with Crippen molar-refractivity contribution in [2.45, 2.75) is 0 Å². The summed E-state index contributed by atoms with van der Waals surface area (Å²) >= 11 is 0. The zero-order valence-corrected chi connectivity index (χ0v) is 32.1. The lowest BCUT2D eigenvalue weighted by Crippen LogP contribution is -2.10. The third kappa shape index (κ3) is 6.06. The van der Waals surface area contributed by atoms with Gasteiger partial charge in [-0.2, -0.15) is 15.0 Å². The Hall–Kier alpha value is -8.41. The number of aromatic nitrogens is 5. The first-order valence-electron chi connectivity index (χ1n) is 29.3. The summed E-state index contributed by atoms with van der Waals surface area (Å²) in [6.45, 7) is 0. The average Bonchev–Trinajstić information content (AvgIpc) is 4.03. The molecule has 0 fully saturated rings. The Bertz CT molecular complexity index is 4670. The van der Waals surface area contributed by atoms with Crippen LogP contribution in [0.2, 0.25) is 0 Å². The fourth-order valence-electron chi connectivity index (χ4n) is 7.67. The van der Waals surface area contributed by atoms with E-state index >= 15 is 0 Å². The van der Waals surface area contributed by atoms with Gasteiger partial charge in [-0.15, -0.1) is 0 Å². The maximum Gasteiger partial charge on any atom is 0.240 e. The predicted octanol–water partition coefficient (Wildman–Crippen LogP) is 14.4. The van der Waals surface area contributed by atoms with Crippen LogP contribution in [0.4, 0.5) is 0 Å². The van der Waals surface area contributed by atoms with Crippen molar-refractivity contribution in [3.63, 3.8) is 0 Å². The highest BCUT2D eigenvalue weighted by atomic mass is 15.3. The molecule has 290 valence electrons. The minimum absolute atomic E-state index is 0.228. The van der Waals surface area contributed by atoms with Crippen LogP contribution in [0.25, 0.3) is 111 Å². The van der Waals surface area contributed by atoms with Crippen LogP contribution in [0.15, 0.2) is 224 Å². The maximum absolute atomic E-state index is 9.88. The van der Waals surface area contributed by atoms with Crippen molar-refractivity contribution < 1.29 is 27.4 Å². The van der Waals surface area contributed by atoms with Crippen LogP contribution in [0.1, 0.15) is 27.4 Å². The molecule has 5 heteroatoms. The van der Waals surface area contributed by atoms with Crippen LogP contribution in [0.3, 0.4) is 0 Å². The van der Waals surface area contributed by atoms with E-state index in [2.05, 4.69) is 12.1 Å². The SMILES string of the molecule is [2H]c1c([2H])c([2H])c(-c2c([2H])c([2H])c3c4c([2H])c([2H])c([2H])c([2H])c4n(-c4nc(-c5ccc(-c6ccc(-c7ccc(-c8ccccc8)cc7)cc6)cc5)nc(-n5c6c([2H])c([2H])c([2H])c([2H])c6c6c([2H])c([2H])c([2H])c([2H])c65)n4)c3c2[2H])c([2H])c1[2H]. The number of hydrogen-bond donors (Lipinski definition) is 0. The van der Waals surface area contributed by atoms with Gasteiger partial charge in [-0.1, -0.05) is 200 Å². The van der Waals surface area contributed by atoms with Crippen molar-refractivity contribution in [3.8, 4) is 67.8 Å². The van der Waals surface area contributed by atoms with Crippen molar-refractivity contribution >= 4 is 43.6 Å². The van der Waals surface area contributed by atoms with Crippen LogP contribution in [-0.4, -0.2) is 24.1 Å². The Morgan fingerprint density at radius 2 is 0.677 bits per heavy atom. The maximum atomic E-state index is 9.88. The number of rotatable bonds is 7. The topological polar surface area (TPSA) is 48.5 Å². The average molecular weight is 812 g/mol. The summed E-state index contributed by atoms with van der Waals surface area (Å²) in [5.74, 6) is -1.37. The standard InChI is InChI=1S/C57H37N5/c1-3-13-38(14-4-1)40-23-25-41(26-24-40)42-27-29-43(30-28-42)44-31-33-45(34-32-44)55-58-56(61-51-20-10-7-17-47(51)48-18-8-11-21-52(48)61)60-57(59-55)62-53-22-12-9-19-49(53)50-36-35-46(37-54(50)62)39-15-5-2-6-16-39/h1-37H/i2D,5D,6D,7D,8D,9D,10D,11D,12D,15D,16D,17D,18D,19D,20D,21D,22D,35D,36D,37D. The zero-order chi connectivity index (χ0) is 58.4. The first kappa shape index (κ1) is 20.7. The number of para-hydroxylation sites is 3. The lowest BCUT2D eigenvalue weighted by Gasteiger charge is -2.13. The molecule has 12 rings (SSSR count). The summed E-state index contributed by atoms with van der Waals surface area (Å²) in [7, 11) is 0. The Morgan fingerprint density at radius 3 is 1.16 bits per heavy atom. The van der Waals surface area contributed by atoms with Gasteiger partial charge < -0.3 is 0 Å². The molecule has 3 heterocycles. The largest absolute Gasteiger partial charge is 0.278 e. The molecule has 0 bridgehead atoms. The molecule has 0 amide bonds. The molecule has 0 aliphatic heterocycles. The molecule has 0 radical (unpaired) electrons. The first-order valence-corrected chi connectivity index (χ1v) is 19.3. The minimum atomic E-state index is -0.822. The minimum Gasteiger partial charge on any atom is -0.278 e. The molecule has 0 unspecified atom stereocenters. The fraction of sp³-hybridized carbons (Fsp3) is 0. The smallest absolute Gasteiger partial charge is 0.240 e. The Balaban J connectivity index is 1.15. The van der Waals surface area contributed by atoms with Crippen LogP contribution < -0.4 is 0 Å². The number of benzene rings is 9. The number of nitrogens with zero attached hydrogens (tertiary/aromatic N) is 5. The third-order valence-electron chi connectivity index (χ3n) is 10.6. The number of hydrogen-bond acceptors (Lipinski definition) is 3. The van der Waals surface area contributed by atoms with E-state index in [0.717, 1.165) is 42.5 Å². The van der Waals surface area contributed by atoms with E-state index in [1.807, 2.05) is 66.7 Å². The van der Waals surface area contributed by atoms with Gasteiger partial charge in [0, 0.05) is 27.1 Å². The highest BCUT2D eigenvalue weighted by Gasteiger charge is 2.21. The molecule has 5 nitrogen and oxygen atoms in total. The van der Waals surface area contributed by atoms with Gasteiger partial charge in [-0.05, 0) is 68.7 Å². The summed E-state index contributed by atoms with van der Waals surface area (Å²) in [6, 6.07) is 17.8. The third-order valence-corrected chi connectivity index (χ3v) is 10.6. The molecule has 0 aliphatic rings. The summed E-state index contributed by atoms with van der Waals surface area (Å²) in [5.41, 5.74) is 2.97. The van der Waals surface area contributed by atoms with Gasteiger partial charge >= 0.3 is 0 Å². The van der Waals surface area contributed by atoms with Gasteiger partial charge in [0.1, 0.15) is 0 Å². The molecule has 0 saturated carbocycles. The fourth-order valence-corrected chi connectivity index (χ4v) is 7.67. The van der Waals surface area contributed by atoms with Crippen molar-refractivity contribution in [1.29, 1.82) is 0 Å². The molecule has 0 saturated heterocycles. The van der Waals surface area contributed by atoms with Gasteiger partial charge in [-0.3, -0.25) is 9.13 Å². The van der Waals surface area contributed by atoms with Gasteiger partial charge in [0.2, 0.25) is 11.9 Å². The molecule has 0 spiro atoms. The van der Waals surface area contributed by atoms with Crippen LogP contribution in [-0.2, 0) is 0 Å². The van der Waals surface area contributed by atoms with Gasteiger partial charge in [-0.25, -0.2) is 0 Å². The second-order valence-corrected chi connectivity index (χ2v) is 14.2. The summed E-state index contributed by atoms with van der Waals surface area (Å²) < 4.78 is 181. The van der Waals surface area contributed by atoms with E-state index in [-0.39, 0.29) is 38.6 Å². The molecular formula is C57H37N5. The van der Waals surface area contributed by atoms with Crippen LogP contribution in [0, 0.1) is 0 Å². The quantitative estimate of drug-likeness (QED) is 0.161.